The topological polar surface area (TPSA) is 120 Å². The quantitative estimate of drug-likeness (QED) is 0.527. The SMILES string of the molecule is Nc1nc(NCC2(N)CCC2)ccc1[N+](=O)[O-]. The predicted molar refractivity (Wildman–Crippen MR) is 64.6 cm³/mol. The van der Waals surface area contributed by atoms with Crippen molar-refractivity contribution >= 4 is 17.3 Å². The molecule has 1 heterocycles. The molecule has 1 aromatic heterocycles. The average molecular weight is 237 g/mol. The van der Waals surface area contributed by atoms with Crippen molar-refractivity contribution in [2.45, 2.75) is 24.8 Å². The van der Waals surface area contributed by atoms with Crippen molar-refractivity contribution in [3.63, 3.8) is 0 Å². The molecule has 0 bridgehead atoms. The lowest BCUT2D eigenvalue weighted by Crippen LogP contribution is -2.52. The lowest BCUT2D eigenvalue weighted by Gasteiger charge is -2.38. The van der Waals surface area contributed by atoms with E-state index in [0.717, 1.165) is 19.3 Å². The van der Waals surface area contributed by atoms with Crippen LogP contribution in [0.5, 0.6) is 0 Å². The Morgan fingerprint density at radius 1 is 1.53 bits per heavy atom. The van der Waals surface area contributed by atoms with Gasteiger partial charge in [0.15, 0.2) is 0 Å². The molecule has 0 aliphatic heterocycles. The van der Waals surface area contributed by atoms with Gasteiger partial charge in [0.2, 0.25) is 5.82 Å². The Morgan fingerprint density at radius 3 is 2.71 bits per heavy atom. The van der Waals surface area contributed by atoms with Gasteiger partial charge in [-0.15, -0.1) is 0 Å². The van der Waals surface area contributed by atoms with Crippen molar-refractivity contribution < 1.29 is 4.92 Å². The van der Waals surface area contributed by atoms with Crippen LogP contribution < -0.4 is 16.8 Å². The highest BCUT2D eigenvalue weighted by Crippen LogP contribution is 2.29. The second kappa shape index (κ2) is 4.17. The zero-order valence-electron chi connectivity index (χ0n) is 9.35. The molecule has 0 unspecified atom stereocenters. The summed E-state index contributed by atoms with van der Waals surface area (Å²) in [6.07, 6.45) is 3.12. The summed E-state index contributed by atoms with van der Waals surface area (Å²) in [6, 6.07) is 2.88. The van der Waals surface area contributed by atoms with Gasteiger partial charge in [0.1, 0.15) is 5.82 Å². The van der Waals surface area contributed by atoms with Gasteiger partial charge in [-0.3, -0.25) is 10.1 Å². The van der Waals surface area contributed by atoms with E-state index in [1.807, 2.05) is 0 Å². The molecule has 17 heavy (non-hydrogen) atoms. The van der Waals surface area contributed by atoms with Crippen LogP contribution in [-0.4, -0.2) is 22.0 Å². The maximum atomic E-state index is 10.6. The van der Waals surface area contributed by atoms with Gasteiger partial charge in [0.05, 0.1) is 4.92 Å². The van der Waals surface area contributed by atoms with Crippen molar-refractivity contribution in [3.05, 3.63) is 22.2 Å². The van der Waals surface area contributed by atoms with Gasteiger partial charge < -0.3 is 16.8 Å². The molecule has 1 aliphatic rings. The number of anilines is 2. The Hall–Kier alpha value is -1.89. The summed E-state index contributed by atoms with van der Waals surface area (Å²) in [7, 11) is 0. The van der Waals surface area contributed by atoms with Crippen molar-refractivity contribution in [1.29, 1.82) is 0 Å². The van der Waals surface area contributed by atoms with Gasteiger partial charge in [-0.25, -0.2) is 4.98 Å². The first-order valence-electron chi connectivity index (χ1n) is 5.44. The third-order valence-corrected chi connectivity index (χ3v) is 3.07. The van der Waals surface area contributed by atoms with E-state index in [0.29, 0.717) is 12.4 Å². The Morgan fingerprint density at radius 2 is 2.24 bits per heavy atom. The Labute approximate surface area is 98.4 Å². The summed E-state index contributed by atoms with van der Waals surface area (Å²) in [5.74, 6) is 0.435. The number of aromatic nitrogens is 1. The van der Waals surface area contributed by atoms with Crippen LogP contribution in [0.4, 0.5) is 17.3 Å². The minimum atomic E-state index is -0.553. The molecule has 1 saturated carbocycles. The number of hydrogen-bond donors (Lipinski definition) is 3. The zero-order chi connectivity index (χ0) is 12.5. The maximum Gasteiger partial charge on any atom is 0.311 e. The van der Waals surface area contributed by atoms with E-state index in [2.05, 4.69) is 10.3 Å². The van der Waals surface area contributed by atoms with Crippen LogP contribution in [-0.2, 0) is 0 Å². The van der Waals surface area contributed by atoms with Crippen LogP contribution in [0.3, 0.4) is 0 Å². The summed E-state index contributed by atoms with van der Waals surface area (Å²) in [5, 5.41) is 13.6. The molecule has 7 nitrogen and oxygen atoms in total. The van der Waals surface area contributed by atoms with E-state index in [1.54, 1.807) is 0 Å². The molecule has 0 amide bonds. The molecule has 0 radical (unpaired) electrons. The highest BCUT2D eigenvalue weighted by molar-refractivity contribution is 5.57. The normalized spacial score (nSPS) is 17.2. The number of rotatable bonds is 4. The molecule has 0 aromatic carbocycles. The fraction of sp³-hybridized carbons (Fsp3) is 0.500. The first-order valence-corrected chi connectivity index (χ1v) is 5.44. The van der Waals surface area contributed by atoms with Crippen molar-refractivity contribution in [2.24, 2.45) is 5.73 Å². The highest BCUT2D eigenvalue weighted by Gasteiger charge is 2.32. The number of nitrogens with two attached hydrogens (primary N) is 2. The molecular weight excluding hydrogens is 222 g/mol. The van der Waals surface area contributed by atoms with Gasteiger partial charge in [0.25, 0.3) is 0 Å². The van der Waals surface area contributed by atoms with Crippen LogP contribution in [0.1, 0.15) is 19.3 Å². The van der Waals surface area contributed by atoms with Crippen molar-refractivity contribution in [3.8, 4) is 0 Å². The summed E-state index contributed by atoms with van der Waals surface area (Å²) in [4.78, 5) is 13.9. The second-order valence-electron chi connectivity index (χ2n) is 4.43. The third kappa shape index (κ3) is 2.44. The Bertz CT molecular complexity index is 444. The lowest BCUT2D eigenvalue weighted by atomic mass is 9.78. The minimum Gasteiger partial charge on any atom is -0.378 e. The molecule has 2 rings (SSSR count). The molecule has 0 spiro atoms. The molecule has 1 aromatic rings. The zero-order valence-corrected chi connectivity index (χ0v) is 9.35. The van der Waals surface area contributed by atoms with Crippen molar-refractivity contribution in [1.82, 2.24) is 4.98 Å². The monoisotopic (exact) mass is 237 g/mol. The molecule has 1 aliphatic carbocycles. The molecule has 7 heteroatoms. The number of hydrogen-bond acceptors (Lipinski definition) is 6. The minimum absolute atomic E-state index is 0.0836. The van der Waals surface area contributed by atoms with E-state index in [1.165, 1.54) is 12.1 Å². The summed E-state index contributed by atoms with van der Waals surface area (Å²) >= 11 is 0. The molecule has 0 atom stereocenters. The van der Waals surface area contributed by atoms with E-state index < -0.39 is 4.92 Å². The first kappa shape index (κ1) is 11.6. The largest absolute Gasteiger partial charge is 0.378 e. The summed E-state index contributed by atoms with van der Waals surface area (Å²) in [5.41, 5.74) is 11.2. The smallest absolute Gasteiger partial charge is 0.311 e. The van der Waals surface area contributed by atoms with Crippen LogP contribution in [0, 0.1) is 10.1 Å². The van der Waals surface area contributed by atoms with Gasteiger partial charge >= 0.3 is 5.69 Å². The van der Waals surface area contributed by atoms with Crippen LogP contribution >= 0.6 is 0 Å². The molecule has 92 valence electrons. The van der Waals surface area contributed by atoms with Crippen molar-refractivity contribution in [2.75, 3.05) is 17.6 Å². The average Bonchev–Trinajstić information content (AvgIpc) is 2.23. The number of pyridine rings is 1. The fourth-order valence-electron chi connectivity index (χ4n) is 1.79. The van der Waals surface area contributed by atoms with E-state index >= 15 is 0 Å². The molecule has 0 saturated heterocycles. The molecular formula is C10H15N5O2. The van der Waals surface area contributed by atoms with Crippen LogP contribution in [0.2, 0.25) is 0 Å². The number of nitrogens with one attached hydrogen (secondary N) is 1. The Balaban J connectivity index is 2.02. The highest BCUT2D eigenvalue weighted by atomic mass is 16.6. The number of nitro groups is 1. The third-order valence-electron chi connectivity index (χ3n) is 3.07. The first-order chi connectivity index (χ1) is 8.00. The van der Waals surface area contributed by atoms with Gasteiger partial charge in [0, 0.05) is 18.2 Å². The Kier molecular flexibility index (Phi) is 2.84. The summed E-state index contributed by atoms with van der Waals surface area (Å²) < 4.78 is 0. The van der Waals surface area contributed by atoms with E-state index in [9.17, 15) is 10.1 Å². The fourth-order valence-corrected chi connectivity index (χ4v) is 1.79. The molecule has 5 N–H and O–H groups in total. The molecule has 1 fully saturated rings. The van der Waals surface area contributed by atoms with Gasteiger partial charge in [-0.05, 0) is 25.3 Å². The van der Waals surface area contributed by atoms with E-state index in [4.69, 9.17) is 11.5 Å². The van der Waals surface area contributed by atoms with Gasteiger partial charge in [-0.2, -0.15) is 0 Å². The lowest BCUT2D eigenvalue weighted by molar-refractivity contribution is -0.384. The van der Waals surface area contributed by atoms with Gasteiger partial charge in [-0.1, -0.05) is 0 Å². The number of nitrogens with zero attached hydrogens (tertiary/aromatic N) is 2. The van der Waals surface area contributed by atoms with Crippen LogP contribution in [0.25, 0.3) is 0 Å². The maximum absolute atomic E-state index is 10.6. The second-order valence-corrected chi connectivity index (χ2v) is 4.43. The standard InChI is InChI=1S/C10H15N5O2/c11-9-7(15(16)17)2-3-8(14-9)13-6-10(12)4-1-5-10/h2-3H,1,4-6,12H2,(H3,11,13,14). The summed E-state index contributed by atoms with van der Waals surface area (Å²) in [6.45, 7) is 0.608. The number of nitrogen functional groups attached to an aromatic ring is 1. The van der Waals surface area contributed by atoms with Crippen LogP contribution in [0.15, 0.2) is 12.1 Å². The predicted octanol–water partition coefficient (Wildman–Crippen LogP) is 0.865. The van der Waals surface area contributed by atoms with E-state index in [-0.39, 0.29) is 17.0 Å².